The summed E-state index contributed by atoms with van der Waals surface area (Å²) in [7, 11) is 0. The maximum Gasteiger partial charge on any atom is 0.437 e. The summed E-state index contributed by atoms with van der Waals surface area (Å²) in [6.07, 6.45) is -1.13. The van der Waals surface area contributed by atoms with Crippen LogP contribution in [0, 0.1) is 5.82 Å². The molecule has 0 aliphatic rings. The van der Waals surface area contributed by atoms with Gasteiger partial charge in [0.25, 0.3) is 5.91 Å². The third-order valence-electron chi connectivity index (χ3n) is 3.70. The standard InChI is InChI=1S/C19H16FN3O5/c1-12(17(25)21-15-9-7-14(20)8-10-15)27-16(24)11-23-19(26)28-18(22-23)13-5-3-2-4-6-13/h2-10,12H,11H2,1H3,(H,21,25)/t12-/m1/s1. The van der Waals surface area contributed by atoms with Crippen LogP contribution < -0.4 is 11.1 Å². The third kappa shape index (κ3) is 4.70. The number of carbonyl (C=O) groups excluding carboxylic acids is 2. The van der Waals surface area contributed by atoms with Crippen LogP contribution in [0.25, 0.3) is 11.5 Å². The van der Waals surface area contributed by atoms with Crippen molar-refractivity contribution in [2.24, 2.45) is 0 Å². The van der Waals surface area contributed by atoms with Gasteiger partial charge in [-0.15, -0.1) is 5.10 Å². The number of benzene rings is 2. The van der Waals surface area contributed by atoms with Gasteiger partial charge in [0.05, 0.1) is 0 Å². The molecule has 0 aliphatic heterocycles. The van der Waals surface area contributed by atoms with E-state index in [-0.39, 0.29) is 5.89 Å². The number of hydrogen-bond acceptors (Lipinski definition) is 6. The Morgan fingerprint density at radius 2 is 1.86 bits per heavy atom. The average molecular weight is 385 g/mol. The van der Waals surface area contributed by atoms with Gasteiger partial charge < -0.3 is 14.5 Å². The maximum atomic E-state index is 12.9. The number of hydrogen-bond donors (Lipinski definition) is 1. The highest BCUT2D eigenvalue weighted by molar-refractivity contribution is 5.95. The van der Waals surface area contributed by atoms with Gasteiger partial charge in [-0.2, -0.15) is 4.68 Å². The van der Waals surface area contributed by atoms with Crippen molar-refractivity contribution >= 4 is 17.6 Å². The summed E-state index contributed by atoms with van der Waals surface area (Å²) in [4.78, 5) is 35.9. The number of aromatic nitrogens is 2. The molecule has 0 aliphatic carbocycles. The molecule has 8 nitrogen and oxygen atoms in total. The molecule has 0 unspecified atom stereocenters. The number of carbonyl (C=O) groups is 2. The van der Waals surface area contributed by atoms with Gasteiger partial charge in [0, 0.05) is 11.3 Å². The molecule has 3 rings (SSSR count). The second-order valence-corrected chi connectivity index (χ2v) is 5.83. The van der Waals surface area contributed by atoms with Crippen molar-refractivity contribution in [3.8, 4) is 11.5 Å². The first-order valence-electron chi connectivity index (χ1n) is 8.31. The first-order chi connectivity index (χ1) is 13.4. The normalized spacial score (nSPS) is 11.6. The quantitative estimate of drug-likeness (QED) is 0.653. The minimum atomic E-state index is -1.13. The fraction of sp³-hybridized carbons (Fsp3) is 0.158. The Balaban J connectivity index is 1.59. The Labute approximate surface area is 158 Å². The van der Waals surface area contributed by atoms with Crippen LogP contribution in [0.3, 0.4) is 0 Å². The summed E-state index contributed by atoms with van der Waals surface area (Å²) in [5, 5.41) is 6.44. The van der Waals surface area contributed by atoms with E-state index >= 15 is 0 Å². The number of esters is 1. The number of amides is 1. The average Bonchev–Trinajstić information content (AvgIpc) is 3.04. The Bertz CT molecular complexity index is 1030. The maximum absolute atomic E-state index is 12.9. The van der Waals surface area contributed by atoms with Crippen molar-refractivity contribution in [1.82, 2.24) is 9.78 Å². The molecule has 0 saturated carbocycles. The molecule has 3 aromatic rings. The van der Waals surface area contributed by atoms with Crippen LogP contribution in [0.4, 0.5) is 10.1 Å². The predicted octanol–water partition coefficient (Wildman–Crippen LogP) is 2.21. The van der Waals surface area contributed by atoms with Crippen molar-refractivity contribution in [3.63, 3.8) is 0 Å². The number of nitrogens with one attached hydrogen (secondary N) is 1. The van der Waals surface area contributed by atoms with Gasteiger partial charge in [0.1, 0.15) is 12.4 Å². The molecule has 1 amide bonds. The van der Waals surface area contributed by atoms with E-state index in [9.17, 15) is 18.8 Å². The summed E-state index contributed by atoms with van der Waals surface area (Å²) in [5.41, 5.74) is 0.938. The highest BCUT2D eigenvalue weighted by Gasteiger charge is 2.20. The van der Waals surface area contributed by atoms with Gasteiger partial charge in [-0.3, -0.25) is 9.59 Å². The molecule has 2 aromatic carbocycles. The summed E-state index contributed by atoms with van der Waals surface area (Å²) >= 11 is 0. The van der Waals surface area contributed by atoms with E-state index in [4.69, 9.17) is 9.15 Å². The van der Waals surface area contributed by atoms with Crippen LogP contribution in [0.2, 0.25) is 0 Å². The molecule has 9 heteroatoms. The fourth-order valence-corrected chi connectivity index (χ4v) is 2.29. The van der Waals surface area contributed by atoms with Crippen molar-refractivity contribution < 1.29 is 23.1 Å². The lowest BCUT2D eigenvalue weighted by Crippen LogP contribution is -2.32. The van der Waals surface area contributed by atoms with Crippen LogP contribution >= 0.6 is 0 Å². The van der Waals surface area contributed by atoms with Crippen LogP contribution in [-0.2, 0) is 20.9 Å². The van der Waals surface area contributed by atoms with Crippen LogP contribution in [0.1, 0.15) is 6.92 Å². The second-order valence-electron chi connectivity index (χ2n) is 5.83. The molecule has 0 bridgehead atoms. The van der Waals surface area contributed by atoms with Crippen LogP contribution in [-0.4, -0.2) is 27.8 Å². The predicted molar refractivity (Wildman–Crippen MR) is 96.8 cm³/mol. The highest BCUT2D eigenvalue weighted by atomic mass is 19.1. The van der Waals surface area contributed by atoms with Crippen molar-refractivity contribution in [3.05, 3.63) is 71.0 Å². The molecule has 0 fully saturated rings. The van der Waals surface area contributed by atoms with E-state index in [0.29, 0.717) is 11.3 Å². The molecule has 1 atom stereocenters. The topological polar surface area (TPSA) is 103 Å². The first-order valence-corrected chi connectivity index (χ1v) is 8.31. The Hall–Kier alpha value is -3.75. The van der Waals surface area contributed by atoms with Crippen molar-refractivity contribution in [1.29, 1.82) is 0 Å². The van der Waals surface area contributed by atoms with E-state index in [1.807, 2.05) is 0 Å². The molecule has 1 heterocycles. The molecule has 1 N–H and O–H groups in total. The Morgan fingerprint density at radius 1 is 1.18 bits per heavy atom. The molecule has 144 valence electrons. The smallest absolute Gasteiger partial charge is 0.437 e. The summed E-state index contributed by atoms with van der Waals surface area (Å²) in [5.74, 6) is -2.63. The molecule has 28 heavy (non-hydrogen) atoms. The molecule has 0 spiro atoms. The van der Waals surface area contributed by atoms with Gasteiger partial charge in [-0.1, -0.05) is 18.2 Å². The number of ether oxygens (including phenoxy) is 1. The third-order valence-corrected chi connectivity index (χ3v) is 3.70. The summed E-state index contributed by atoms with van der Waals surface area (Å²) < 4.78 is 23.7. The highest BCUT2D eigenvalue weighted by Crippen LogP contribution is 2.14. The minimum absolute atomic E-state index is 0.0699. The van der Waals surface area contributed by atoms with Crippen molar-refractivity contribution in [2.75, 3.05) is 5.32 Å². The Kier molecular flexibility index (Phi) is 5.64. The van der Waals surface area contributed by atoms with Gasteiger partial charge in [0.2, 0.25) is 5.89 Å². The van der Waals surface area contributed by atoms with Crippen LogP contribution in [0.15, 0.2) is 63.8 Å². The molecular formula is C19H16FN3O5. The lowest BCUT2D eigenvalue weighted by atomic mass is 10.2. The molecular weight excluding hydrogens is 369 g/mol. The Morgan fingerprint density at radius 3 is 2.54 bits per heavy atom. The van der Waals surface area contributed by atoms with E-state index in [0.717, 1.165) is 4.68 Å². The SMILES string of the molecule is C[C@@H](OC(=O)Cn1nc(-c2ccccc2)oc1=O)C(=O)Nc1ccc(F)cc1. The van der Waals surface area contributed by atoms with Gasteiger partial charge in [-0.05, 0) is 43.3 Å². The van der Waals surface area contributed by atoms with Crippen molar-refractivity contribution in [2.45, 2.75) is 19.6 Å². The largest absolute Gasteiger partial charge is 0.451 e. The molecule has 0 radical (unpaired) electrons. The van der Waals surface area contributed by atoms with E-state index < -0.39 is 36.1 Å². The second kappa shape index (κ2) is 8.30. The number of rotatable bonds is 6. The lowest BCUT2D eigenvalue weighted by Gasteiger charge is -2.13. The van der Waals surface area contributed by atoms with Crippen LogP contribution in [0.5, 0.6) is 0 Å². The van der Waals surface area contributed by atoms with E-state index in [1.165, 1.54) is 31.2 Å². The minimum Gasteiger partial charge on any atom is -0.451 e. The number of anilines is 1. The monoisotopic (exact) mass is 385 g/mol. The summed E-state index contributed by atoms with van der Waals surface area (Å²) in [6.45, 7) is 0.862. The number of halogens is 1. The number of nitrogens with zero attached hydrogens (tertiary/aromatic N) is 2. The zero-order valence-electron chi connectivity index (χ0n) is 14.8. The first kappa shape index (κ1) is 19.0. The fourth-order valence-electron chi connectivity index (χ4n) is 2.29. The van der Waals surface area contributed by atoms with Gasteiger partial charge in [-0.25, -0.2) is 9.18 Å². The lowest BCUT2D eigenvalue weighted by molar-refractivity contribution is -0.154. The van der Waals surface area contributed by atoms with Gasteiger partial charge in [0.15, 0.2) is 6.10 Å². The summed E-state index contributed by atoms with van der Waals surface area (Å²) in [6, 6.07) is 13.8. The van der Waals surface area contributed by atoms with E-state index in [1.54, 1.807) is 30.3 Å². The molecule has 0 saturated heterocycles. The molecule has 1 aromatic heterocycles. The zero-order chi connectivity index (χ0) is 20.1. The zero-order valence-corrected chi connectivity index (χ0v) is 14.8. The van der Waals surface area contributed by atoms with Gasteiger partial charge >= 0.3 is 11.7 Å². The van der Waals surface area contributed by atoms with E-state index in [2.05, 4.69) is 10.4 Å².